The van der Waals surface area contributed by atoms with Crippen LogP contribution in [-0.2, 0) is 0 Å². The van der Waals surface area contributed by atoms with Gasteiger partial charge in [-0.1, -0.05) is 12.1 Å². The van der Waals surface area contributed by atoms with Gasteiger partial charge in [0.25, 0.3) is 0 Å². The number of nitrogens with two attached hydrogens (primary N) is 1. The summed E-state index contributed by atoms with van der Waals surface area (Å²) in [6.07, 6.45) is 1.02. The van der Waals surface area contributed by atoms with Crippen LogP contribution in [-0.4, -0.2) is 10.5 Å². The van der Waals surface area contributed by atoms with Crippen molar-refractivity contribution in [3.63, 3.8) is 0 Å². The molecule has 0 amide bonds. The van der Waals surface area contributed by atoms with Crippen LogP contribution in [0.15, 0.2) is 36.5 Å². The number of benzene rings is 1. The molecule has 0 aliphatic heterocycles. The number of hydrogen-bond acceptors (Lipinski definition) is 2. The van der Waals surface area contributed by atoms with Crippen molar-refractivity contribution < 1.29 is 4.39 Å². The molecule has 0 spiro atoms. The highest BCUT2D eigenvalue weighted by molar-refractivity contribution is 5.79. The number of aromatic nitrogens is 1. The second-order valence-corrected chi connectivity index (χ2v) is 5.12. The Labute approximate surface area is 101 Å². The topological polar surface area (TPSA) is 38.9 Å². The van der Waals surface area contributed by atoms with Gasteiger partial charge in [0.15, 0.2) is 0 Å². The van der Waals surface area contributed by atoms with Crippen molar-refractivity contribution in [2.24, 2.45) is 5.73 Å². The molecule has 2 aromatic rings. The first-order chi connectivity index (χ1) is 7.96. The van der Waals surface area contributed by atoms with Crippen LogP contribution >= 0.6 is 0 Å². The highest BCUT2D eigenvalue weighted by atomic mass is 19.1. The van der Waals surface area contributed by atoms with Crippen LogP contribution in [0.25, 0.3) is 10.9 Å². The average molecular weight is 232 g/mol. The lowest BCUT2D eigenvalue weighted by molar-refractivity contribution is 0.267. The lowest BCUT2D eigenvalue weighted by Crippen LogP contribution is -2.33. The first-order valence-electron chi connectivity index (χ1n) is 5.73. The molecule has 1 aromatic heterocycles. The molecular formula is C14H17FN2. The van der Waals surface area contributed by atoms with Gasteiger partial charge in [-0.05, 0) is 37.6 Å². The Balaban J connectivity index is 2.30. The third kappa shape index (κ3) is 3.01. The molecule has 2 nitrogen and oxygen atoms in total. The van der Waals surface area contributed by atoms with Crippen molar-refractivity contribution in [1.82, 2.24) is 4.98 Å². The number of nitrogens with zero attached hydrogens (tertiary/aromatic N) is 1. The minimum atomic E-state index is -1.03. The number of hydrogen-bond donors (Lipinski definition) is 1. The van der Waals surface area contributed by atoms with Gasteiger partial charge in [-0.2, -0.15) is 0 Å². The predicted molar refractivity (Wildman–Crippen MR) is 68.5 cm³/mol. The maximum absolute atomic E-state index is 14.1. The van der Waals surface area contributed by atoms with Crippen LogP contribution in [0.5, 0.6) is 0 Å². The third-order valence-electron chi connectivity index (χ3n) is 2.69. The maximum atomic E-state index is 14.1. The molecule has 0 saturated carbocycles. The van der Waals surface area contributed by atoms with Gasteiger partial charge in [0.1, 0.15) is 6.17 Å². The summed E-state index contributed by atoms with van der Waals surface area (Å²) >= 11 is 0. The second-order valence-electron chi connectivity index (χ2n) is 5.12. The van der Waals surface area contributed by atoms with Crippen LogP contribution in [0.3, 0.4) is 0 Å². The molecule has 0 aliphatic carbocycles. The van der Waals surface area contributed by atoms with Gasteiger partial charge < -0.3 is 5.73 Å². The fraction of sp³-hybridized carbons (Fsp3) is 0.357. The normalized spacial score (nSPS) is 13.9. The highest BCUT2D eigenvalue weighted by Gasteiger charge is 2.20. The van der Waals surface area contributed by atoms with E-state index in [9.17, 15) is 4.39 Å². The van der Waals surface area contributed by atoms with Crippen molar-refractivity contribution in [2.75, 3.05) is 0 Å². The molecule has 17 heavy (non-hydrogen) atoms. The Kier molecular flexibility index (Phi) is 3.11. The van der Waals surface area contributed by atoms with Gasteiger partial charge in [0.2, 0.25) is 0 Å². The van der Waals surface area contributed by atoms with Gasteiger partial charge in [0.05, 0.1) is 5.52 Å². The molecule has 1 heterocycles. The van der Waals surface area contributed by atoms with E-state index in [2.05, 4.69) is 4.98 Å². The Morgan fingerprint density at radius 2 is 2.12 bits per heavy atom. The SMILES string of the molecule is CC(C)(N)CC(F)c1ccc2ncccc2c1. The van der Waals surface area contributed by atoms with E-state index < -0.39 is 11.7 Å². The van der Waals surface area contributed by atoms with Crippen molar-refractivity contribution >= 4 is 10.9 Å². The largest absolute Gasteiger partial charge is 0.325 e. The molecule has 0 fully saturated rings. The van der Waals surface area contributed by atoms with E-state index in [0.717, 1.165) is 10.9 Å². The van der Waals surface area contributed by atoms with Crippen LogP contribution in [0.1, 0.15) is 32.0 Å². The van der Waals surface area contributed by atoms with Crippen molar-refractivity contribution in [2.45, 2.75) is 32.0 Å². The fourth-order valence-corrected chi connectivity index (χ4v) is 1.87. The zero-order chi connectivity index (χ0) is 12.5. The minimum absolute atomic E-state index is 0.318. The molecule has 3 heteroatoms. The average Bonchev–Trinajstić information content (AvgIpc) is 2.26. The Bertz CT molecular complexity index is 517. The van der Waals surface area contributed by atoms with E-state index in [1.165, 1.54) is 0 Å². The smallest absolute Gasteiger partial charge is 0.127 e. The molecule has 0 radical (unpaired) electrons. The zero-order valence-corrected chi connectivity index (χ0v) is 10.2. The molecule has 1 aromatic carbocycles. The maximum Gasteiger partial charge on any atom is 0.127 e. The van der Waals surface area contributed by atoms with E-state index in [1.807, 2.05) is 38.1 Å². The fourth-order valence-electron chi connectivity index (χ4n) is 1.87. The lowest BCUT2D eigenvalue weighted by atomic mass is 9.94. The van der Waals surface area contributed by atoms with E-state index in [-0.39, 0.29) is 0 Å². The summed E-state index contributed by atoms with van der Waals surface area (Å²) in [5, 5.41) is 0.961. The number of alkyl halides is 1. The summed E-state index contributed by atoms with van der Waals surface area (Å²) in [5.74, 6) is 0. The van der Waals surface area contributed by atoms with E-state index in [1.54, 1.807) is 12.3 Å². The number of pyridine rings is 1. The summed E-state index contributed by atoms with van der Waals surface area (Å²) < 4.78 is 14.1. The standard InChI is InChI=1S/C14H17FN2/c1-14(2,16)9-12(15)10-5-6-13-11(8-10)4-3-7-17-13/h3-8,12H,9,16H2,1-2H3. The molecule has 1 atom stereocenters. The lowest BCUT2D eigenvalue weighted by Gasteiger charge is -2.21. The van der Waals surface area contributed by atoms with Gasteiger partial charge >= 0.3 is 0 Å². The Morgan fingerprint density at radius 1 is 1.35 bits per heavy atom. The zero-order valence-electron chi connectivity index (χ0n) is 10.2. The summed E-state index contributed by atoms with van der Waals surface area (Å²) in [4.78, 5) is 4.21. The Hall–Kier alpha value is -1.48. The van der Waals surface area contributed by atoms with E-state index in [0.29, 0.717) is 12.0 Å². The van der Waals surface area contributed by atoms with E-state index >= 15 is 0 Å². The Morgan fingerprint density at radius 3 is 2.82 bits per heavy atom. The van der Waals surface area contributed by atoms with Crippen molar-refractivity contribution in [3.8, 4) is 0 Å². The van der Waals surface area contributed by atoms with Gasteiger partial charge in [-0.15, -0.1) is 0 Å². The summed E-state index contributed by atoms with van der Waals surface area (Å²) in [6.45, 7) is 3.67. The first-order valence-corrected chi connectivity index (χ1v) is 5.73. The monoisotopic (exact) mass is 232 g/mol. The molecule has 0 saturated heterocycles. The third-order valence-corrected chi connectivity index (χ3v) is 2.69. The molecule has 2 rings (SSSR count). The quantitative estimate of drug-likeness (QED) is 0.881. The summed E-state index contributed by atoms with van der Waals surface area (Å²) in [5.41, 5.74) is 6.89. The molecular weight excluding hydrogens is 215 g/mol. The molecule has 90 valence electrons. The van der Waals surface area contributed by atoms with Crippen LogP contribution in [0.4, 0.5) is 4.39 Å². The van der Waals surface area contributed by atoms with Gasteiger partial charge in [0, 0.05) is 23.5 Å². The summed E-state index contributed by atoms with van der Waals surface area (Å²) in [6, 6.07) is 9.27. The van der Waals surface area contributed by atoms with Gasteiger partial charge in [-0.3, -0.25) is 4.98 Å². The van der Waals surface area contributed by atoms with Crippen molar-refractivity contribution in [3.05, 3.63) is 42.1 Å². The molecule has 0 bridgehead atoms. The second kappa shape index (κ2) is 4.41. The van der Waals surface area contributed by atoms with Crippen LogP contribution in [0, 0.1) is 0 Å². The van der Waals surface area contributed by atoms with Crippen molar-refractivity contribution in [1.29, 1.82) is 0 Å². The van der Waals surface area contributed by atoms with Crippen LogP contribution < -0.4 is 5.73 Å². The minimum Gasteiger partial charge on any atom is -0.325 e. The first kappa shape index (κ1) is 12.0. The van der Waals surface area contributed by atoms with E-state index in [4.69, 9.17) is 5.73 Å². The summed E-state index contributed by atoms with van der Waals surface area (Å²) in [7, 11) is 0. The molecule has 1 unspecified atom stereocenters. The number of fused-ring (bicyclic) bond motifs is 1. The number of rotatable bonds is 3. The predicted octanol–water partition coefficient (Wildman–Crippen LogP) is 3.37. The highest BCUT2D eigenvalue weighted by Crippen LogP contribution is 2.28. The molecule has 2 N–H and O–H groups in total. The molecule has 0 aliphatic rings. The number of halogens is 1. The van der Waals surface area contributed by atoms with Crippen LogP contribution in [0.2, 0.25) is 0 Å². The van der Waals surface area contributed by atoms with Gasteiger partial charge in [-0.25, -0.2) is 4.39 Å².